The summed E-state index contributed by atoms with van der Waals surface area (Å²) < 4.78 is 13.1. The van der Waals surface area contributed by atoms with Crippen molar-refractivity contribution in [2.75, 3.05) is 18.0 Å². The predicted molar refractivity (Wildman–Crippen MR) is 95.0 cm³/mol. The van der Waals surface area contributed by atoms with E-state index in [0.717, 1.165) is 37.6 Å². The zero-order valence-electron chi connectivity index (χ0n) is 14.0. The van der Waals surface area contributed by atoms with Crippen LogP contribution in [0, 0.1) is 18.7 Å². The fourth-order valence-electron chi connectivity index (χ4n) is 2.92. The third kappa shape index (κ3) is 4.45. The maximum Gasteiger partial charge on any atom is 0.225 e. The summed E-state index contributed by atoms with van der Waals surface area (Å²) in [5.41, 5.74) is 1.64. The summed E-state index contributed by atoms with van der Waals surface area (Å²) in [5, 5.41) is 3.22. The van der Waals surface area contributed by atoms with Gasteiger partial charge in [0.2, 0.25) is 11.9 Å². The van der Waals surface area contributed by atoms with Crippen LogP contribution >= 0.6 is 11.6 Å². The van der Waals surface area contributed by atoms with E-state index in [9.17, 15) is 9.18 Å². The molecule has 2 heterocycles. The van der Waals surface area contributed by atoms with Crippen molar-refractivity contribution in [1.82, 2.24) is 15.3 Å². The summed E-state index contributed by atoms with van der Waals surface area (Å²) in [6.07, 6.45) is 3.25. The molecule has 1 aromatic carbocycles. The number of nitrogens with one attached hydrogen (secondary N) is 1. The van der Waals surface area contributed by atoms with Gasteiger partial charge in [0.1, 0.15) is 5.82 Å². The Bertz CT molecular complexity index is 762. The summed E-state index contributed by atoms with van der Waals surface area (Å²) in [7, 11) is 0. The van der Waals surface area contributed by atoms with Crippen molar-refractivity contribution in [3.8, 4) is 0 Å². The van der Waals surface area contributed by atoms with Gasteiger partial charge in [0.05, 0.1) is 0 Å². The van der Waals surface area contributed by atoms with Gasteiger partial charge in [-0.25, -0.2) is 14.4 Å². The van der Waals surface area contributed by atoms with Crippen molar-refractivity contribution in [2.45, 2.75) is 26.3 Å². The molecular weight excluding hydrogens is 343 g/mol. The molecule has 3 rings (SSSR count). The van der Waals surface area contributed by atoms with Gasteiger partial charge in [0.25, 0.3) is 0 Å². The van der Waals surface area contributed by atoms with Gasteiger partial charge < -0.3 is 10.2 Å². The molecule has 0 radical (unpaired) electrons. The van der Waals surface area contributed by atoms with Gasteiger partial charge in [-0.3, -0.25) is 4.79 Å². The predicted octanol–water partition coefficient (Wildman–Crippen LogP) is 3.11. The van der Waals surface area contributed by atoms with Crippen molar-refractivity contribution >= 4 is 23.5 Å². The number of halogens is 2. The number of hydrogen-bond acceptors (Lipinski definition) is 4. The summed E-state index contributed by atoms with van der Waals surface area (Å²) >= 11 is 5.99. The largest absolute Gasteiger partial charge is 0.352 e. The molecule has 1 N–H and O–H groups in total. The number of benzene rings is 1. The first-order valence-electron chi connectivity index (χ1n) is 8.29. The Kier molecular flexibility index (Phi) is 5.48. The van der Waals surface area contributed by atoms with Gasteiger partial charge in [-0.15, -0.1) is 0 Å². The van der Waals surface area contributed by atoms with Crippen LogP contribution in [0.3, 0.4) is 0 Å². The number of carbonyl (C=O) groups is 1. The lowest BCUT2D eigenvalue weighted by molar-refractivity contribution is -0.125. The lowest BCUT2D eigenvalue weighted by Crippen LogP contribution is -2.41. The Hall–Kier alpha value is -2.21. The van der Waals surface area contributed by atoms with Crippen LogP contribution in [-0.4, -0.2) is 29.0 Å². The van der Waals surface area contributed by atoms with E-state index in [4.69, 9.17) is 11.6 Å². The number of hydrogen-bond donors (Lipinski definition) is 1. The van der Waals surface area contributed by atoms with E-state index in [-0.39, 0.29) is 17.6 Å². The molecule has 1 fully saturated rings. The van der Waals surface area contributed by atoms with Gasteiger partial charge >= 0.3 is 0 Å². The fourth-order valence-corrected chi connectivity index (χ4v) is 3.16. The molecule has 1 amide bonds. The van der Waals surface area contributed by atoms with Gasteiger partial charge in [0, 0.05) is 42.5 Å². The molecule has 25 heavy (non-hydrogen) atoms. The molecule has 0 spiro atoms. The van der Waals surface area contributed by atoms with Gasteiger partial charge in [-0.2, -0.15) is 0 Å². The van der Waals surface area contributed by atoms with Crippen LogP contribution in [-0.2, 0) is 11.3 Å². The van der Waals surface area contributed by atoms with Crippen LogP contribution in [0.1, 0.15) is 24.1 Å². The monoisotopic (exact) mass is 362 g/mol. The van der Waals surface area contributed by atoms with Gasteiger partial charge in [0.15, 0.2) is 0 Å². The number of aryl methyl sites for hydroxylation is 1. The fraction of sp³-hybridized carbons (Fsp3) is 0.389. The lowest BCUT2D eigenvalue weighted by atomic mass is 9.96. The van der Waals surface area contributed by atoms with Crippen molar-refractivity contribution in [2.24, 2.45) is 5.92 Å². The van der Waals surface area contributed by atoms with Crippen LogP contribution in [0.5, 0.6) is 0 Å². The number of aromatic nitrogens is 2. The van der Waals surface area contributed by atoms with Crippen LogP contribution in [0.4, 0.5) is 10.3 Å². The van der Waals surface area contributed by atoms with Crippen molar-refractivity contribution in [3.63, 3.8) is 0 Å². The highest BCUT2D eigenvalue weighted by Gasteiger charge is 2.26. The first-order valence-corrected chi connectivity index (χ1v) is 8.67. The molecule has 0 bridgehead atoms. The number of amides is 1. The molecule has 0 atom stereocenters. The smallest absolute Gasteiger partial charge is 0.225 e. The Morgan fingerprint density at radius 3 is 2.80 bits per heavy atom. The molecule has 7 heteroatoms. The van der Waals surface area contributed by atoms with Crippen molar-refractivity contribution in [3.05, 3.63) is 52.6 Å². The molecule has 5 nitrogen and oxygen atoms in total. The molecule has 0 aliphatic carbocycles. The number of carbonyl (C=O) groups excluding carboxylic acids is 1. The minimum atomic E-state index is -0.384. The first kappa shape index (κ1) is 17.6. The van der Waals surface area contributed by atoms with Crippen LogP contribution in [0.25, 0.3) is 0 Å². The number of anilines is 1. The van der Waals surface area contributed by atoms with E-state index in [1.165, 1.54) is 12.1 Å². The second kappa shape index (κ2) is 7.78. The molecule has 0 unspecified atom stereocenters. The molecular formula is C18H20ClFN4O. The Balaban J connectivity index is 1.51. The number of rotatable bonds is 4. The Morgan fingerprint density at radius 2 is 2.12 bits per heavy atom. The summed E-state index contributed by atoms with van der Waals surface area (Å²) in [6.45, 7) is 3.74. The van der Waals surface area contributed by atoms with Crippen molar-refractivity contribution in [1.29, 1.82) is 0 Å². The summed E-state index contributed by atoms with van der Waals surface area (Å²) in [5.74, 6) is 0.299. The highest BCUT2D eigenvalue weighted by Crippen LogP contribution is 2.22. The van der Waals surface area contributed by atoms with Gasteiger partial charge in [-0.05, 0) is 43.5 Å². The molecule has 1 aliphatic heterocycles. The van der Waals surface area contributed by atoms with E-state index in [0.29, 0.717) is 17.1 Å². The van der Waals surface area contributed by atoms with E-state index >= 15 is 0 Å². The minimum absolute atomic E-state index is 0.00482. The third-order valence-electron chi connectivity index (χ3n) is 4.40. The highest BCUT2D eigenvalue weighted by molar-refractivity contribution is 6.31. The maximum absolute atomic E-state index is 13.1. The molecule has 1 aliphatic rings. The van der Waals surface area contributed by atoms with E-state index in [2.05, 4.69) is 20.2 Å². The summed E-state index contributed by atoms with van der Waals surface area (Å²) in [4.78, 5) is 23.2. The van der Waals surface area contributed by atoms with E-state index in [1.807, 2.05) is 13.0 Å². The number of nitrogens with zero attached hydrogens (tertiary/aromatic N) is 3. The van der Waals surface area contributed by atoms with Crippen LogP contribution in [0.15, 0.2) is 30.5 Å². The van der Waals surface area contributed by atoms with Gasteiger partial charge in [-0.1, -0.05) is 17.7 Å². The van der Waals surface area contributed by atoms with Crippen molar-refractivity contribution < 1.29 is 9.18 Å². The zero-order chi connectivity index (χ0) is 17.8. The first-order chi connectivity index (χ1) is 12.0. The molecule has 1 saturated heterocycles. The minimum Gasteiger partial charge on any atom is -0.352 e. The average Bonchev–Trinajstić information content (AvgIpc) is 2.61. The SMILES string of the molecule is Cc1ccnc(N2CCC(C(=O)NCc3ccc(F)cc3Cl)CC2)n1. The lowest BCUT2D eigenvalue weighted by Gasteiger charge is -2.31. The zero-order valence-corrected chi connectivity index (χ0v) is 14.8. The Labute approximate surface area is 151 Å². The van der Waals surface area contributed by atoms with E-state index in [1.54, 1.807) is 12.3 Å². The quantitative estimate of drug-likeness (QED) is 0.908. The topological polar surface area (TPSA) is 58.1 Å². The Morgan fingerprint density at radius 1 is 1.36 bits per heavy atom. The molecule has 132 valence electrons. The second-order valence-electron chi connectivity index (χ2n) is 6.21. The van der Waals surface area contributed by atoms with E-state index < -0.39 is 0 Å². The second-order valence-corrected chi connectivity index (χ2v) is 6.62. The molecule has 1 aromatic heterocycles. The highest BCUT2D eigenvalue weighted by atomic mass is 35.5. The maximum atomic E-state index is 13.1. The average molecular weight is 363 g/mol. The van der Waals surface area contributed by atoms with Crippen LogP contribution in [0.2, 0.25) is 5.02 Å². The normalized spacial score (nSPS) is 15.2. The molecule has 0 saturated carbocycles. The summed E-state index contributed by atoms with van der Waals surface area (Å²) in [6, 6.07) is 6.05. The third-order valence-corrected chi connectivity index (χ3v) is 4.75. The number of piperidine rings is 1. The standard InChI is InChI=1S/C18H20ClFN4O/c1-12-4-7-21-18(23-12)24-8-5-13(6-9-24)17(25)22-11-14-2-3-15(20)10-16(14)19/h2-4,7,10,13H,5-6,8-9,11H2,1H3,(H,22,25). The molecule has 2 aromatic rings. The van der Waals surface area contributed by atoms with Crippen LogP contribution < -0.4 is 10.2 Å².